The monoisotopic (exact) mass is 226 g/mol. The van der Waals surface area contributed by atoms with Crippen LogP contribution in [0.25, 0.3) is 0 Å². The summed E-state index contributed by atoms with van der Waals surface area (Å²) in [5.41, 5.74) is 5.97. The van der Waals surface area contributed by atoms with Crippen molar-refractivity contribution >= 4 is 5.96 Å². The van der Waals surface area contributed by atoms with Crippen LogP contribution in [-0.4, -0.2) is 54.5 Å². The largest absolute Gasteiger partial charge is 0.370 e. The molecule has 1 fully saturated rings. The number of guanidine groups is 1. The molecule has 1 unspecified atom stereocenters. The van der Waals surface area contributed by atoms with Crippen molar-refractivity contribution in [3.8, 4) is 0 Å². The zero-order valence-electron chi connectivity index (χ0n) is 11.3. The van der Waals surface area contributed by atoms with Crippen LogP contribution in [0.5, 0.6) is 0 Å². The second kappa shape index (κ2) is 5.04. The second-order valence-corrected chi connectivity index (χ2v) is 5.85. The molecule has 4 heteroatoms. The maximum atomic E-state index is 6.05. The van der Waals surface area contributed by atoms with E-state index in [0.29, 0.717) is 12.0 Å². The molecule has 1 aliphatic heterocycles. The zero-order valence-corrected chi connectivity index (χ0v) is 11.3. The van der Waals surface area contributed by atoms with E-state index in [2.05, 4.69) is 49.7 Å². The number of nitrogens with zero attached hydrogens (tertiary/aromatic N) is 3. The molecule has 0 spiro atoms. The quantitative estimate of drug-likeness (QED) is 0.538. The van der Waals surface area contributed by atoms with E-state index in [1.807, 2.05) is 0 Å². The highest BCUT2D eigenvalue weighted by Crippen LogP contribution is 2.15. The maximum Gasteiger partial charge on any atom is 0.191 e. The van der Waals surface area contributed by atoms with Gasteiger partial charge in [-0.05, 0) is 47.7 Å². The Kier molecular flexibility index (Phi) is 4.19. The van der Waals surface area contributed by atoms with Gasteiger partial charge in [0.1, 0.15) is 0 Å². The van der Waals surface area contributed by atoms with Gasteiger partial charge in [-0.1, -0.05) is 0 Å². The van der Waals surface area contributed by atoms with E-state index in [4.69, 9.17) is 5.73 Å². The molecule has 94 valence electrons. The summed E-state index contributed by atoms with van der Waals surface area (Å²) >= 11 is 0. The molecule has 0 bridgehead atoms. The van der Waals surface area contributed by atoms with Crippen molar-refractivity contribution in [2.75, 3.05) is 27.2 Å². The third-order valence-corrected chi connectivity index (χ3v) is 2.90. The molecule has 0 aromatic rings. The van der Waals surface area contributed by atoms with Gasteiger partial charge in [0, 0.05) is 19.1 Å². The van der Waals surface area contributed by atoms with Crippen LogP contribution in [0.1, 0.15) is 33.6 Å². The molecule has 0 saturated carbocycles. The lowest BCUT2D eigenvalue weighted by Crippen LogP contribution is -2.50. The Morgan fingerprint density at radius 1 is 1.38 bits per heavy atom. The van der Waals surface area contributed by atoms with Crippen LogP contribution in [0.4, 0.5) is 0 Å². The van der Waals surface area contributed by atoms with Crippen molar-refractivity contribution in [2.24, 2.45) is 10.7 Å². The molecule has 1 saturated heterocycles. The van der Waals surface area contributed by atoms with E-state index in [1.165, 1.54) is 12.8 Å². The SMILES string of the molecule is CN(C)C1CCCN(C(N)=NC(C)(C)C)C1. The van der Waals surface area contributed by atoms with Crippen LogP contribution in [0, 0.1) is 0 Å². The van der Waals surface area contributed by atoms with Gasteiger partial charge in [0.15, 0.2) is 5.96 Å². The van der Waals surface area contributed by atoms with Gasteiger partial charge in [0.05, 0.1) is 5.54 Å². The van der Waals surface area contributed by atoms with Crippen LogP contribution in [0.2, 0.25) is 0 Å². The molecular formula is C12H26N4. The molecule has 2 N–H and O–H groups in total. The van der Waals surface area contributed by atoms with Gasteiger partial charge in [-0.3, -0.25) is 0 Å². The van der Waals surface area contributed by atoms with Gasteiger partial charge in [0.2, 0.25) is 0 Å². The van der Waals surface area contributed by atoms with E-state index in [1.54, 1.807) is 0 Å². The van der Waals surface area contributed by atoms with E-state index in [9.17, 15) is 0 Å². The van der Waals surface area contributed by atoms with Crippen molar-refractivity contribution in [2.45, 2.75) is 45.2 Å². The Balaban J connectivity index is 2.63. The average molecular weight is 226 g/mol. The molecule has 0 aliphatic carbocycles. The molecule has 1 rings (SSSR count). The van der Waals surface area contributed by atoms with Crippen molar-refractivity contribution in [1.82, 2.24) is 9.80 Å². The number of hydrogen-bond donors (Lipinski definition) is 1. The fraction of sp³-hybridized carbons (Fsp3) is 0.917. The number of likely N-dealkylation sites (N-methyl/N-ethyl adjacent to an activating group) is 1. The lowest BCUT2D eigenvalue weighted by Gasteiger charge is -2.37. The Labute approximate surface area is 99.5 Å². The topological polar surface area (TPSA) is 44.9 Å². The Morgan fingerprint density at radius 2 is 2.00 bits per heavy atom. The fourth-order valence-electron chi connectivity index (χ4n) is 2.00. The predicted octanol–water partition coefficient (Wildman–Crippen LogP) is 1.13. The summed E-state index contributed by atoms with van der Waals surface area (Å²) in [6.07, 6.45) is 2.45. The van der Waals surface area contributed by atoms with E-state index < -0.39 is 0 Å². The van der Waals surface area contributed by atoms with Crippen LogP contribution in [0.15, 0.2) is 4.99 Å². The second-order valence-electron chi connectivity index (χ2n) is 5.85. The predicted molar refractivity (Wildman–Crippen MR) is 69.7 cm³/mol. The highest BCUT2D eigenvalue weighted by molar-refractivity contribution is 5.78. The summed E-state index contributed by atoms with van der Waals surface area (Å²) in [6, 6.07) is 0.600. The first kappa shape index (κ1) is 13.3. The van der Waals surface area contributed by atoms with Gasteiger partial charge < -0.3 is 15.5 Å². The van der Waals surface area contributed by atoms with Gasteiger partial charge in [-0.2, -0.15) is 0 Å². The normalized spacial score (nSPS) is 24.0. The van der Waals surface area contributed by atoms with Crippen LogP contribution < -0.4 is 5.73 Å². The highest BCUT2D eigenvalue weighted by Gasteiger charge is 2.23. The van der Waals surface area contributed by atoms with Crippen molar-refractivity contribution in [3.05, 3.63) is 0 Å². The first-order valence-electron chi connectivity index (χ1n) is 6.06. The van der Waals surface area contributed by atoms with Crippen molar-refractivity contribution in [1.29, 1.82) is 0 Å². The van der Waals surface area contributed by atoms with Crippen molar-refractivity contribution < 1.29 is 0 Å². The number of nitrogens with two attached hydrogens (primary N) is 1. The van der Waals surface area contributed by atoms with Crippen LogP contribution >= 0.6 is 0 Å². The van der Waals surface area contributed by atoms with Crippen molar-refractivity contribution in [3.63, 3.8) is 0 Å². The summed E-state index contributed by atoms with van der Waals surface area (Å²) in [6.45, 7) is 8.27. The lowest BCUT2D eigenvalue weighted by atomic mass is 10.1. The third kappa shape index (κ3) is 4.00. The number of rotatable bonds is 1. The molecule has 0 aromatic heterocycles. The van der Waals surface area contributed by atoms with Gasteiger partial charge in [-0.15, -0.1) is 0 Å². The number of hydrogen-bond acceptors (Lipinski definition) is 2. The highest BCUT2D eigenvalue weighted by atomic mass is 15.3. The minimum atomic E-state index is -0.0882. The lowest BCUT2D eigenvalue weighted by molar-refractivity contribution is 0.182. The molecule has 16 heavy (non-hydrogen) atoms. The van der Waals surface area contributed by atoms with E-state index in [-0.39, 0.29) is 5.54 Å². The molecule has 0 radical (unpaired) electrons. The third-order valence-electron chi connectivity index (χ3n) is 2.90. The summed E-state index contributed by atoms with van der Waals surface area (Å²) in [5, 5.41) is 0. The minimum absolute atomic E-state index is 0.0882. The summed E-state index contributed by atoms with van der Waals surface area (Å²) in [5.74, 6) is 0.694. The Bertz CT molecular complexity index is 252. The Hall–Kier alpha value is -0.770. The van der Waals surface area contributed by atoms with Crippen LogP contribution in [0.3, 0.4) is 0 Å². The summed E-state index contributed by atoms with van der Waals surface area (Å²) in [7, 11) is 4.26. The molecule has 1 atom stereocenters. The number of likely N-dealkylation sites (tertiary alicyclic amines) is 1. The molecular weight excluding hydrogens is 200 g/mol. The molecule has 1 heterocycles. The summed E-state index contributed by atoms with van der Waals surface area (Å²) < 4.78 is 0. The van der Waals surface area contributed by atoms with Gasteiger partial charge >= 0.3 is 0 Å². The smallest absolute Gasteiger partial charge is 0.191 e. The number of piperidine rings is 1. The molecule has 1 aliphatic rings. The first-order chi connectivity index (χ1) is 7.29. The summed E-state index contributed by atoms with van der Waals surface area (Å²) in [4.78, 5) is 9.01. The van der Waals surface area contributed by atoms with Crippen LogP contribution in [-0.2, 0) is 0 Å². The van der Waals surface area contributed by atoms with E-state index in [0.717, 1.165) is 13.1 Å². The van der Waals surface area contributed by atoms with E-state index >= 15 is 0 Å². The van der Waals surface area contributed by atoms with Gasteiger partial charge in [0.25, 0.3) is 0 Å². The first-order valence-corrected chi connectivity index (χ1v) is 6.06. The molecule has 0 amide bonds. The standard InChI is InChI=1S/C12H26N4/c1-12(2,3)14-11(13)16-8-6-7-10(9-16)15(4)5/h10H,6-9H2,1-5H3,(H2,13,14). The fourth-order valence-corrected chi connectivity index (χ4v) is 2.00. The zero-order chi connectivity index (χ0) is 12.3. The molecule has 0 aromatic carbocycles. The Morgan fingerprint density at radius 3 is 2.50 bits per heavy atom. The number of aliphatic imine (C=N–C) groups is 1. The minimum Gasteiger partial charge on any atom is -0.370 e. The maximum absolute atomic E-state index is 6.05. The molecule has 4 nitrogen and oxygen atoms in total. The average Bonchev–Trinajstić information content (AvgIpc) is 2.15. The van der Waals surface area contributed by atoms with Gasteiger partial charge in [-0.25, -0.2) is 4.99 Å².